The summed E-state index contributed by atoms with van der Waals surface area (Å²) in [4.78, 5) is 7.03. The molecule has 0 bridgehead atoms. The van der Waals surface area contributed by atoms with Crippen molar-refractivity contribution in [1.82, 2.24) is 4.98 Å². The molecule has 0 unspecified atom stereocenters. The topological polar surface area (TPSA) is 29.3 Å². The second kappa shape index (κ2) is 5.38. The highest BCUT2D eigenvalue weighted by atomic mass is 16.3. The molecule has 3 heterocycles. The quantitative estimate of drug-likeness (QED) is 0.506. The molecule has 4 aromatic rings. The van der Waals surface area contributed by atoms with E-state index < -0.39 is 0 Å². The van der Waals surface area contributed by atoms with Gasteiger partial charge in [-0.2, -0.15) is 0 Å². The van der Waals surface area contributed by atoms with Gasteiger partial charge in [0.15, 0.2) is 0 Å². The largest absolute Gasteiger partial charge is 0.456 e. The fourth-order valence-corrected chi connectivity index (χ4v) is 3.60. The number of rotatable bonds is 2. The number of nitrogens with zero attached hydrogens (tertiary/aromatic N) is 2. The van der Waals surface area contributed by atoms with E-state index in [0.29, 0.717) is 0 Å². The van der Waals surface area contributed by atoms with Gasteiger partial charge >= 0.3 is 0 Å². The molecular formula is C21H18N2O. The molecule has 1 fully saturated rings. The molecule has 0 aliphatic carbocycles. The Morgan fingerprint density at radius 2 is 1.58 bits per heavy atom. The highest BCUT2D eigenvalue weighted by Crippen LogP contribution is 2.32. The lowest BCUT2D eigenvalue weighted by Crippen LogP contribution is -2.18. The highest BCUT2D eigenvalue weighted by molar-refractivity contribution is 6.06. The maximum atomic E-state index is 5.91. The SMILES string of the molecule is c1ccc2c(c1)oc1ccc(-c3ccc(N4CCCC4)nc3)cc12. The average molecular weight is 314 g/mol. The molecule has 2 aromatic carbocycles. The first kappa shape index (κ1) is 13.6. The summed E-state index contributed by atoms with van der Waals surface area (Å²) in [5.74, 6) is 1.09. The molecule has 2 aromatic heterocycles. The first-order valence-electron chi connectivity index (χ1n) is 8.51. The summed E-state index contributed by atoms with van der Waals surface area (Å²) in [5.41, 5.74) is 4.19. The van der Waals surface area contributed by atoms with Crippen LogP contribution in [0.5, 0.6) is 0 Å². The maximum Gasteiger partial charge on any atom is 0.135 e. The van der Waals surface area contributed by atoms with Crippen LogP contribution < -0.4 is 4.90 Å². The number of furan rings is 1. The first-order chi connectivity index (χ1) is 11.9. The molecule has 0 spiro atoms. The van der Waals surface area contributed by atoms with E-state index in [9.17, 15) is 0 Å². The third-order valence-corrected chi connectivity index (χ3v) is 4.89. The van der Waals surface area contributed by atoms with Crippen LogP contribution in [0.4, 0.5) is 5.82 Å². The second-order valence-corrected chi connectivity index (χ2v) is 6.41. The van der Waals surface area contributed by atoms with Gasteiger partial charge in [-0.15, -0.1) is 0 Å². The molecule has 0 saturated carbocycles. The summed E-state index contributed by atoms with van der Waals surface area (Å²) in [7, 11) is 0. The Bertz CT molecular complexity index is 1010. The zero-order valence-corrected chi connectivity index (χ0v) is 13.4. The molecule has 24 heavy (non-hydrogen) atoms. The van der Waals surface area contributed by atoms with Crippen LogP contribution >= 0.6 is 0 Å². The summed E-state index contributed by atoms with van der Waals surface area (Å²) in [5, 5.41) is 2.32. The average Bonchev–Trinajstić information content (AvgIpc) is 3.29. The van der Waals surface area contributed by atoms with Crippen LogP contribution in [0.15, 0.2) is 65.2 Å². The molecule has 1 aliphatic heterocycles. The number of fused-ring (bicyclic) bond motifs is 3. The van der Waals surface area contributed by atoms with Crippen molar-refractivity contribution in [2.24, 2.45) is 0 Å². The predicted molar refractivity (Wildman–Crippen MR) is 98.4 cm³/mol. The smallest absolute Gasteiger partial charge is 0.135 e. The molecule has 3 nitrogen and oxygen atoms in total. The zero-order valence-electron chi connectivity index (χ0n) is 13.4. The van der Waals surface area contributed by atoms with Gasteiger partial charge in [0.05, 0.1) is 0 Å². The molecule has 0 N–H and O–H groups in total. The number of hydrogen-bond donors (Lipinski definition) is 0. The van der Waals surface area contributed by atoms with E-state index in [2.05, 4.69) is 52.3 Å². The highest BCUT2D eigenvalue weighted by Gasteiger charge is 2.13. The van der Waals surface area contributed by atoms with E-state index in [0.717, 1.165) is 46.4 Å². The van der Waals surface area contributed by atoms with Gasteiger partial charge in [-0.1, -0.05) is 24.3 Å². The lowest BCUT2D eigenvalue weighted by Gasteiger charge is -2.16. The van der Waals surface area contributed by atoms with Gasteiger partial charge in [0.1, 0.15) is 17.0 Å². The third kappa shape index (κ3) is 2.16. The maximum absolute atomic E-state index is 5.91. The van der Waals surface area contributed by atoms with E-state index in [1.165, 1.54) is 18.4 Å². The Hall–Kier alpha value is -2.81. The number of benzene rings is 2. The van der Waals surface area contributed by atoms with Crippen molar-refractivity contribution in [2.75, 3.05) is 18.0 Å². The zero-order chi connectivity index (χ0) is 15.9. The van der Waals surface area contributed by atoms with Crippen LogP contribution in [0, 0.1) is 0 Å². The van der Waals surface area contributed by atoms with E-state index >= 15 is 0 Å². The number of para-hydroxylation sites is 1. The van der Waals surface area contributed by atoms with Crippen molar-refractivity contribution in [3.63, 3.8) is 0 Å². The van der Waals surface area contributed by atoms with Crippen molar-refractivity contribution in [1.29, 1.82) is 0 Å². The van der Waals surface area contributed by atoms with Crippen molar-refractivity contribution in [3.05, 3.63) is 60.8 Å². The Morgan fingerprint density at radius 1 is 0.792 bits per heavy atom. The van der Waals surface area contributed by atoms with E-state index in [1.54, 1.807) is 0 Å². The van der Waals surface area contributed by atoms with Crippen molar-refractivity contribution < 1.29 is 4.42 Å². The van der Waals surface area contributed by atoms with Crippen molar-refractivity contribution >= 4 is 27.8 Å². The minimum atomic E-state index is 0.932. The van der Waals surface area contributed by atoms with Gasteiger partial charge in [-0.05, 0) is 48.7 Å². The van der Waals surface area contributed by atoms with Crippen LogP contribution in [-0.4, -0.2) is 18.1 Å². The molecule has 3 heteroatoms. The van der Waals surface area contributed by atoms with E-state index in [4.69, 9.17) is 4.42 Å². The van der Waals surface area contributed by atoms with Crippen LogP contribution in [0.3, 0.4) is 0 Å². The van der Waals surface area contributed by atoms with Crippen LogP contribution in [0.2, 0.25) is 0 Å². The normalized spacial score (nSPS) is 14.8. The van der Waals surface area contributed by atoms with E-state index in [1.807, 2.05) is 18.3 Å². The van der Waals surface area contributed by atoms with Gasteiger partial charge in [0.2, 0.25) is 0 Å². The van der Waals surface area contributed by atoms with Gasteiger partial charge in [0.25, 0.3) is 0 Å². The van der Waals surface area contributed by atoms with Gasteiger partial charge < -0.3 is 9.32 Å². The minimum absolute atomic E-state index is 0.932. The Morgan fingerprint density at radius 3 is 2.42 bits per heavy atom. The Balaban J connectivity index is 1.57. The van der Waals surface area contributed by atoms with E-state index in [-0.39, 0.29) is 0 Å². The molecule has 0 amide bonds. The summed E-state index contributed by atoms with van der Waals surface area (Å²) >= 11 is 0. The van der Waals surface area contributed by atoms with Gasteiger partial charge in [-0.3, -0.25) is 0 Å². The summed E-state index contributed by atoms with van der Waals surface area (Å²) < 4.78 is 5.91. The fraction of sp³-hybridized carbons (Fsp3) is 0.190. The predicted octanol–water partition coefficient (Wildman–Crippen LogP) is 5.25. The molecule has 0 atom stereocenters. The van der Waals surface area contributed by atoms with Crippen LogP contribution in [0.25, 0.3) is 33.1 Å². The van der Waals surface area contributed by atoms with Gasteiger partial charge in [-0.25, -0.2) is 4.98 Å². The van der Waals surface area contributed by atoms with Crippen molar-refractivity contribution in [3.8, 4) is 11.1 Å². The molecular weight excluding hydrogens is 296 g/mol. The fourth-order valence-electron chi connectivity index (χ4n) is 3.60. The molecule has 1 saturated heterocycles. The molecule has 5 rings (SSSR count). The molecule has 0 radical (unpaired) electrons. The van der Waals surface area contributed by atoms with Crippen molar-refractivity contribution in [2.45, 2.75) is 12.8 Å². The standard InChI is InChI=1S/C21H18N2O/c1-2-6-19-17(5-1)18-13-15(7-9-20(18)24-19)16-8-10-21(22-14-16)23-11-3-4-12-23/h1-2,5-10,13-14H,3-4,11-12H2. The second-order valence-electron chi connectivity index (χ2n) is 6.41. The third-order valence-electron chi connectivity index (χ3n) is 4.89. The summed E-state index contributed by atoms with van der Waals surface area (Å²) in [6, 6.07) is 18.9. The van der Waals surface area contributed by atoms with Gasteiger partial charge in [0, 0.05) is 35.6 Å². The number of hydrogen-bond acceptors (Lipinski definition) is 3. The monoisotopic (exact) mass is 314 g/mol. The molecule has 1 aliphatic rings. The molecule has 118 valence electrons. The van der Waals surface area contributed by atoms with Crippen LogP contribution in [-0.2, 0) is 0 Å². The number of anilines is 1. The summed E-state index contributed by atoms with van der Waals surface area (Å²) in [6.45, 7) is 2.25. The Labute approximate surface area is 140 Å². The lowest BCUT2D eigenvalue weighted by atomic mass is 10.0. The minimum Gasteiger partial charge on any atom is -0.456 e. The first-order valence-corrected chi connectivity index (χ1v) is 8.51. The lowest BCUT2D eigenvalue weighted by molar-refractivity contribution is 0.669. The number of aromatic nitrogens is 1. The Kier molecular flexibility index (Phi) is 3.05. The van der Waals surface area contributed by atoms with Crippen LogP contribution in [0.1, 0.15) is 12.8 Å². The summed E-state index contributed by atoms with van der Waals surface area (Å²) in [6.07, 6.45) is 4.53. The number of pyridine rings is 1.